The van der Waals surface area contributed by atoms with Crippen LogP contribution in [0.1, 0.15) is 53.4 Å². The van der Waals surface area contributed by atoms with Gasteiger partial charge in [-0.05, 0) is 59.3 Å². The third-order valence-electron chi connectivity index (χ3n) is 4.15. The monoisotopic (exact) mass is 372 g/mol. The van der Waals surface area contributed by atoms with Crippen molar-refractivity contribution in [3.05, 3.63) is 0 Å². The molecule has 0 aromatic carbocycles. The normalized spacial score (nSPS) is 17.4. The molecular weight excluding hydrogens is 339 g/mol. The maximum atomic E-state index is 12.1. The lowest BCUT2D eigenvalue weighted by atomic mass is 9.90. The highest BCUT2D eigenvalue weighted by molar-refractivity contribution is 7.36. The smallest absolute Gasteiger partial charge is 0.410 e. The van der Waals surface area contributed by atoms with Crippen LogP contribution < -0.4 is 5.32 Å². The number of carbonyl (C=O) groups is 2. The molecule has 0 spiro atoms. The van der Waals surface area contributed by atoms with Crippen molar-refractivity contribution in [2.45, 2.75) is 65.0 Å². The lowest BCUT2D eigenvalue weighted by Gasteiger charge is -2.33. The van der Waals surface area contributed by atoms with E-state index < -0.39 is 5.60 Å². The molecule has 0 aromatic rings. The second kappa shape index (κ2) is 10.8. The van der Waals surface area contributed by atoms with Crippen LogP contribution in [0, 0.1) is 5.92 Å². The van der Waals surface area contributed by atoms with Crippen molar-refractivity contribution in [2.75, 3.05) is 26.0 Å². The molecule has 1 fully saturated rings. The van der Waals surface area contributed by atoms with Crippen LogP contribution in [0.2, 0.25) is 0 Å². The number of carbonyl (C=O) groups excluding carboxylic acids is 2. The Bertz CT molecular complexity index is 443. The fourth-order valence-electron chi connectivity index (χ4n) is 2.85. The molecule has 1 rings (SSSR count). The number of nitrogens with zero attached hydrogens (tertiary/aromatic N) is 1. The molecule has 1 amide bonds. The second-order valence-corrected chi connectivity index (χ2v) is 8.14. The molecule has 25 heavy (non-hydrogen) atoms. The molecule has 6 nitrogen and oxygen atoms in total. The molecule has 1 saturated heterocycles. The van der Waals surface area contributed by atoms with Gasteiger partial charge in [0.25, 0.3) is 0 Å². The van der Waals surface area contributed by atoms with Gasteiger partial charge in [-0.25, -0.2) is 4.79 Å². The summed E-state index contributed by atoms with van der Waals surface area (Å²) in [5.41, 5.74) is -0.458. The van der Waals surface area contributed by atoms with E-state index in [1.165, 1.54) is 0 Å². The maximum absolute atomic E-state index is 12.1. The largest absolute Gasteiger partial charge is 0.465 e. The standard InChI is InChI=1S/C18H33N2O4P/c1-6-23-16(21)15(19-13-25-5)8-7-14-9-11-20(12-10-14)17(22)24-18(2,3)4/h14-15,19H,5-13H2,1-4H3. The average Bonchev–Trinajstić information content (AvgIpc) is 2.54. The zero-order valence-corrected chi connectivity index (χ0v) is 16.9. The minimum Gasteiger partial charge on any atom is -0.465 e. The van der Waals surface area contributed by atoms with Crippen molar-refractivity contribution >= 4 is 26.6 Å². The Kier molecular flexibility index (Phi) is 9.44. The zero-order chi connectivity index (χ0) is 18.9. The van der Waals surface area contributed by atoms with Crippen LogP contribution in [0.5, 0.6) is 0 Å². The predicted molar refractivity (Wildman–Crippen MR) is 102 cm³/mol. The van der Waals surface area contributed by atoms with E-state index in [9.17, 15) is 9.59 Å². The number of rotatable bonds is 8. The second-order valence-electron chi connectivity index (χ2n) is 7.38. The van der Waals surface area contributed by atoms with E-state index in [1.54, 1.807) is 4.90 Å². The summed E-state index contributed by atoms with van der Waals surface area (Å²) < 4.78 is 10.6. The molecule has 0 bridgehead atoms. The number of amides is 1. The van der Waals surface area contributed by atoms with Crippen LogP contribution in [0.4, 0.5) is 4.79 Å². The molecule has 1 aliphatic heterocycles. The Morgan fingerprint density at radius 1 is 1.32 bits per heavy atom. The quantitative estimate of drug-likeness (QED) is 0.523. The number of ether oxygens (including phenoxy) is 2. The van der Waals surface area contributed by atoms with Gasteiger partial charge in [0.15, 0.2) is 0 Å². The fourth-order valence-corrected chi connectivity index (χ4v) is 3.20. The van der Waals surface area contributed by atoms with Gasteiger partial charge in [0.1, 0.15) is 11.6 Å². The van der Waals surface area contributed by atoms with Crippen molar-refractivity contribution in [1.29, 1.82) is 0 Å². The van der Waals surface area contributed by atoms with Gasteiger partial charge in [-0.3, -0.25) is 10.1 Å². The number of likely N-dealkylation sites (tertiary alicyclic amines) is 1. The molecule has 1 unspecified atom stereocenters. The highest BCUT2D eigenvalue weighted by atomic mass is 31.1. The number of nitrogens with one attached hydrogen (secondary N) is 1. The van der Waals surface area contributed by atoms with E-state index in [0.717, 1.165) is 33.9 Å². The summed E-state index contributed by atoms with van der Waals surface area (Å²) in [6.07, 6.45) is 7.82. The van der Waals surface area contributed by atoms with Crippen LogP contribution >= 0.6 is 8.20 Å². The van der Waals surface area contributed by atoms with Gasteiger partial charge in [-0.15, -0.1) is 0 Å². The molecule has 1 N–H and O–H groups in total. The highest BCUT2D eigenvalue weighted by Gasteiger charge is 2.28. The first-order valence-electron chi connectivity index (χ1n) is 9.07. The fraction of sp³-hybridized carbons (Fsp3) is 0.833. The summed E-state index contributed by atoms with van der Waals surface area (Å²) in [5, 5.41) is 3.21. The maximum Gasteiger partial charge on any atom is 0.410 e. The zero-order valence-electron chi connectivity index (χ0n) is 16.0. The van der Waals surface area contributed by atoms with Crippen LogP contribution in [0.3, 0.4) is 0 Å². The number of hydrogen-bond donors (Lipinski definition) is 1. The van der Waals surface area contributed by atoms with Crippen LogP contribution in [0.25, 0.3) is 0 Å². The summed E-state index contributed by atoms with van der Waals surface area (Å²) in [4.78, 5) is 25.9. The summed E-state index contributed by atoms with van der Waals surface area (Å²) in [7, 11) is 0.963. The van der Waals surface area contributed by atoms with Gasteiger partial charge < -0.3 is 14.4 Å². The first kappa shape index (κ1) is 21.9. The molecular formula is C18H33N2O4P. The van der Waals surface area contributed by atoms with Crippen molar-refractivity contribution in [3.63, 3.8) is 0 Å². The molecule has 1 aliphatic rings. The van der Waals surface area contributed by atoms with Crippen LogP contribution in [-0.2, 0) is 14.3 Å². The van der Waals surface area contributed by atoms with Crippen molar-refractivity contribution in [1.82, 2.24) is 10.2 Å². The van der Waals surface area contributed by atoms with E-state index in [0.29, 0.717) is 31.9 Å². The summed E-state index contributed by atoms with van der Waals surface area (Å²) >= 11 is 0. The van der Waals surface area contributed by atoms with E-state index in [-0.39, 0.29) is 18.1 Å². The first-order valence-corrected chi connectivity index (χ1v) is 10.3. The Labute approximate surface area is 153 Å². The van der Waals surface area contributed by atoms with Crippen LogP contribution in [0.15, 0.2) is 0 Å². The van der Waals surface area contributed by atoms with Crippen molar-refractivity contribution < 1.29 is 19.1 Å². The van der Waals surface area contributed by atoms with E-state index in [2.05, 4.69) is 11.6 Å². The summed E-state index contributed by atoms with van der Waals surface area (Å²) in [5.74, 6) is 0.340. The Hall–Kier alpha value is -1.13. The third-order valence-corrected chi connectivity index (χ3v) is 4.56. The minimum atomic E-state index is -0.458. The Morgan fingerprint density at radius 3 is 2.48 bits per heavy atom. The predicted octanol–water partition coefficient (Wildman–Crippen LogP) is 3.27. The minimum absolute atomic E-state index is 0.183. The van der Waals surface area contributed by atoms with Gasteiger partial charge in [0.05, 0.1) is 6.61 Å². The average molecular weight is 372 g/mol. The molecule has 1 atom stereocenters. The molecule has 0 aromatic heterocycles. The summed E-state index contributed by atoms with van der Waals surface area (Å²) in [6, 6.07) is -0.266. The van der Waals surface area contributed by atoms with E-state index in [1.807, 2.05) is 27.7 Å². The number of hydrogen-bond acceptors (Lipinski definition) is 5. The van der Waals surface area contributed by atoms with Gasteiger partial charge in [0.2, 0.25) is 0 Å². The van der Waals surface area contributed by atoms with E-state index >= 15 is 0 Å². The van der Waals surface area contributed by atoms with Gasteiger partial charge >= 0.3 is 12.1 Å². The van der Waals surface area contributed by atoms with Crippen molar-refractivity contribution in [3.8, 4) is 0 Å². The van der Waals surface area contributed by atoms with E-state index in [4.69, 9.17) is 9.47 Å². The summed E-state index contributed by atoms with van der Waals surface area (Å²) in [6.45, 7) is 9.29. The van der Waals surface area contributed by atoms with Crippen molar-refractivity contribution in [2.24, 2.45) is 5.92 Å². The molecule has 1 heterocycles. The lowest BCUT2D eigenvalue weighted by molar-refractivity contribution is -0.145. The Balaban J connectivity index is 2.40. The van der Waals surface area contributed by atoms with Gasteiger partial charge in [0, 0.05) is 19.4 Å². The van der Waals surface area contributed by atoms with Gasteiger partial charge in [-0.1, -0.05) is 14.5 Å². The number of esters is 1. The molecule has 7 heteroatoms. The lowest BCUT2D eigenvalue weighted by Crippen LogP contribution is -2.42. The Morgan fingerprint density at radius 2 is 1.96 bits per heavy atom. The van der Waals surface area contributed by atoms with Gasteiger partial charge in [-0.2, -0.15) is 0 Å². The SMILES string of the molecule is C=PCNC(CCC1CCN(C(=O)OC(C)(C)C)CC1)C(=O)OCC. The van der Waals surface area contributed by atoms with Crippen LogP contribution in [-0.4, -0.2) is 60.9 Å². The highest BCUT2D eigenvalue weighted by Crippen LogP contribution is 2.24. The molecule has 144 valence electrons. The molecule has 0 aliphatic carbocycles. The number of piperidine rings is 1. The molecule has 0 saturated carbocycles. The third kappa shape index (κ3) is 8.68. The topological polar surface area (TPSA) is 67.9 Å². The first-order chi connectivity index (χ1) is 11.8. The molecule has 0 radical (unpaired) electrons.